The molecule has 4 nitrogen and oxygen atoms in total. The summed E-state index contributed by atoms with van der Waals surface area (Å²) in [6, 6.07) is 1.36. The number of nitrogens with zero attached hydrogens (tertiary/aromatic N) is 1. The first-order chi connectivity index (χ1) is 8.68. The first-order valence-electron chi connectivity index (χ1n) is 6.58. The van der Waals surface area contributed by atoms with Crippen LogP contribution in [-0.2, 0) is 4.79 Å². The molecule has 0 bridgehead atoms. The van der Waals surface area contributed by atoms with Crippen molar-refractivity contribution in [1.29, 1.82) is 0 Å². The van der Waals surface area contributed by atoms with E-state index >= 15 is 0 Å². The molecule has 1 heterocycles. The maximum atomic E-state index is 11.4. The summed E-state index contributed by atoms with van der Waals surface area (Å²) in [6.07, 6.45) is 8.98. The van der Waals surface area contributed by atoms with Crippen LogP contribution in [0.15, 0.2) is 18.5 Å². The van der Waals surface area contributed by atoms with Crippen LogP contribution in [0.1, 0.15) is 37.7 Å². The number of hydrogen-bond acceptors (Lipinski definition) is 3. The van der Waals surface area contributed by atoms with Crippen LogP contribution in [0.5, 0.6) is 0 Å². The fraction of sp³-hybridized carbons (Fsp3) is 0.571. The van der Waals surface area contributed by atoms with E-state index < -0.39 is 12.0 Å². The van der Waals surface area contributed by atoms with E-state index in [4.69, 9.17) is 0 Å². The zero-order chi connectivity index (χ0) is 13.0. The lowest BCUT2D eigenvalue weighted by Gasteiger charge is -2.29. The van der Waals surface area contributed by atoms with Crippen LogP contribution in [0.25, 0.3) is 0 Å². The predicted molar refractivity (Wildman–Crippen MR) is 70.6 cm³/mol. The van der Waals surface area contributed by atoms with E-state index in [1.165, 1.54) is 6.42 Å². The van der Waals surface area contributed by atoms with Gasteiger partial charge < -0.3 is 10.4 Å². The molecule has 18 heavy (non-hydrogen) atoms. The average molecular weight is 248 g/mol. The molecule has 1 aliphatic carbocycles. The number of nitrogens with one attached hydrogen (secondary N) is 1. The van der Waals surface area contributed by atoms with E-state index in [0.717, 1.165) is 36.9 Å². The number of pyridine rings is 1. The molecule has 98 valence electrons. The standard InChI is InChI=1S/C14H20N2O2/c1-10-9-15-8-7-12(10)16-13(14(17)18)11-5-3-2-4-6-11/h7-9,11,13H,2-6H2,1H3,(H,15,16)(H,17,18). The molecule has 0 spiro atoms. The van der Waals surface area contributed by atoms with Gasteiger partial charge in [-0.25, -0.2) is 4.79 Å². The van der Waals surface area contributed by atoms with Gasteiger partial charge in [-0.2, -0.15) is 0 Å². The summed E-state index contributed by atoms with van der Waals surface area (Å²) < 4.78 is 0. The van der Waals surface area contributed by atoms with Crippen molar-refractivity contribution in [1.82, 2.24) is 4.98 Å². The lowest BCUT2D eigenvalue weighted by molar-refractivity contribution is -0.139. The largest absolute Gasteiger partial charge is 0.480 e. The Morgan fingerprint density at radius 1 is 1.44 bits per heavy atom. The van der Waals surface area contributed by atoms with Crippen molar-refractivity contribution in [3.8, 4) is 0 Å². The van der Waals surface area contributed by atoms with Crippen LogP contribution < -0.4 is 5.32 Å². The van der Waals surface area contributed by atoms with Crippen LogP contribution in [0.2, 0.25) is 0 Å². The normalized spacial score (nSPS) is 18.3. The van der Waals surface area contributed by atoms with Gasteiger partial charge in [0.1, 0.15) is 6.04 Å². The second-order valence-electron chi connectivity index (χ2n) is 5.05. The summed E-state index contributed by atoms with van der Waals surface area (Å²) in [6.45, 7) is 1.94. The molecule has 1 aromatic heterocycles. The van der Waals surface area contributed by atoms with Crippen LogP contribution in [0.3, 0.4) is 0 Å². The number of aryl methyl sites for hydroxylation is 1. The molecule has 1 unspecified atom stereocenters. The van der Waals surface area contributed by atoms with Crippen molar-refractivity contribution in [2.75, 3.05) is 5.32 Å². The number of hydrogen-bond donors (Lipinski definition) is 2. The third-order valence-electron chi connectivity index (χ3n) is 3.72. The van der Waals surface area contributed by atoms with Gasteiger partial charge in [0.25, 0.3) is 0 Å². The molecule has 1 atom stereocenters. The average Bonchev–Trinajstić information content (AvgIpc) is 2.38. The predicted octanol–water partition coefficient (Wildman–Crippen LogP) is 2.84. The van der Waals surface area contributed by atoms with E-state index in [1.54, 1.807) is 12.4 Å². The van der Waals surface area contributed by atoms with Gasteiger partial charge in [0.2, 0.25) is 0 Å². The third kappa shape index (κ3) is 3.00. The van der Waals surface area contributed by atoms with Gasteiger partial charge in [-0.05, 0) is 37.3 Å². The van der Waals surface area contributed by atoms with Gasteiger partial charge in [-0.1, -0.05) is 19.3 Å². The van der Waals surface area contributed by atoms with Crippen molar-refractivity contribution < 1.29 is 9.90 Å². The van der Waals surface area contributed by atoms with Gasteiger partial charge in [0, 0.05) is 18.1 Å². The fourth-order valence-electron chi connectivity index (χ4n) is 2.65. The summed E-state index contributed by atoms with van der Waals surface area (Å²) in [4.78, 5) is 15.5. The molecule has 0 aromatic carbocycles. The molecule has 1 aromatic rings. The van der Waals surface area contributed by atoms with E-state index in [0.29, 0.717) is 0 Å². The maximum Gasteiger partial charge on any atom is 0.326 e. The monoisotopic (exact) mass is 248 g/mol. The Hall–Kier alpha value is -1.58. The number of aliphatic carboxylic acids is 1. The molecular weight excluding hydrogens is 228 g/mol. The second kappa shape index (κ2) is 5.85. The summed E-state index contributed by atoms with van der Waals surface area (Å²) >= 11 is 0. The van der Waals surface area contributed by atoms with Gasteiger partial charge in [-0.15, -0.1) is 0 Å². The first kappa shape index (κ1) is 12.9. The smallest absolute Gasteiger partial charge is 0.326 e. The summed E-state index contributed by atoms with van der Waals surface area (Å²) in [5.74, 6) is -0.512. The molecule has 0 saturated heterocycles. The van der Waals surface area contributed by atoms with Crippen molar-refractivity contribution in [2.45, 2.75) is 45.1 Å². The summed E-state index contributed by atoms with van der Waals surface area (Å²) in [7, 11) is 0. The highest BCUT2D eigenvalue weighted by Gasteiger charge is 2.29. The highest BCUT2D eigenvalue weighted by molar-refractivity contribution is 5.78. The zero-order valence-corrected chi connectivity index (χ0v) is 10.7. The minimum absolute atomic E-state index is 0.240. The number of rotatable bonds is 4. The number of carbonyl (C=O) groups is 1. The highest BCUT2D eigenvalue weighted by atomic mass is 16.4. The third-order valence-corrected chi connectivity index (χ3v) is 3.72. The van der Waals surface area contributed by atoms with Crippen LogP contribution in [0, 0.1) is 12.8 Å². The Labute approximate surface area is 107 Å². The van der Waals surface area contributed by atoms with E-state index in [2.05, 4.69) is 10.3 Å². The molecule has 1 saturated carbocycles. The van der Waals surface area contributed by atoms with Gasteiger partial charge >= 0.3 is 5.97 Å². The van der Waals surface area contributed by atoms with E-state index in [9.17, 15) is 9.90 Å². The minimum Gasteiger partial charge on any atom is -0.480 e. The van der Waals surface area contributed by atoms with Crippen molar-refractivity contribution in [2.24, 2.45) is 5.92 Å². The van der Waals surface area contributed by atoms with Crippen molar-refractivity contribution >= 4 is 11.7 Å². The van der Waals surface area contributed by atoms with Gasteiger partial charge in [0.05, 0.1) is 0 Å². The molecule has 2 rings (SSSR count). The lowest BCUT2D eigenvalue weighted by Crippen LogP contribution is -2.38. The van der Waals surface area contributed by atoms with Crippen LogP contribution >= 0.6 is 0 Å². The van der Waals surface area contributed by atoms with Crippen LogP contribution in [0.4, 0.5) is 5.69 Å². The zero-order valence-electron chi connectivity index (χ0n) is 10.7. The lowest BCUT2D eigenvalue weighted by atomic mass is 9.83. The summed E-state index contributed by atoms with van der Waals surface area (Å²) in [5, 5.41) is 12.6. The molecular formula is C14H20N2O2. The van der Waals surface area contributed by atoms with Crippen LogP contribution in [-0.4, -0.2) is 22.1 Å². The van der Waals surface area contributed by atoms with E-state index in [-0.39, 0.29) is 5.92 Å². The molecule has 1 fully saturated rings. The van der Waals surface area contributed by atoms with Gasteiger partial charge in [-0.3, -0.25) is 4.98 Å². The molecule has 0 aliphatic heterocycles. The maximum absolute atomic E-state index is 11.4. The van der Waals surface area contributed by atoms with Gasteiger partial charge in [0.15, 0.2) is 0 Å². The molecule has 2 N–H and O–H groups in total. The highest BCUT2D eigenvalue weighted by Crippen LogP contribution is 2.28. The molecule has 0 amide bonds. The topological polar surface area (TPSA) is 62.2 Å². The number of carboxylic acid groups (broad SMARTS) is 1. The number of carboxylic acids is 1. The fourth-order valence-corrected chi connectivity index (χ4v) is 2.65. The Morgan fingerprint density at radius 3 is 2.78 bits per heavy atom. The molecule has 4 heteroatoms. The Morgan fingerprint density at radius 2 is 2.17 bits per heavy atom. The molecule has 1 aliphatic rings. The Bertz CT molecular complexity index is 414. The Balaban J connectivity index is 2.11. The SMILES string of the molecule is Cc1cnccc1NC(C(=O)O)C1CCCCC1. The Kier molecular flexibility index (Phi) is 4.18. The van der Waals surface area contributed by atoms with Crippen molar-refractivity contribution in [3.05, 3.63) is 24.0 Å². The summed E-state index contributed by atoms with van der Waals surface area (Å²) in [5.41, 5.74) is 1.86. The minimum atomic E-state index is -0.752. The molecule has 0 radical (unpaired) electrons. The second-order valence-corrected chi connectivity index (χ2v) is 5.05. The first-order valence-corrected chi connectivity index (χ1v) is 6.58. The van der Waals surface area contributed by atoms with E-state index in [1.807, 2.05) is 13.0 Å². The van der Waals surface area contributed by atoms with Crippen molar-refractivity contribution in [3.63, 3.8) is 0 Å². The number of anilines is 1. The quantitative estimate of drug-likeness (QED) is 0.860. The number of aromatic nitrogens is 1.